The van der Waals surface area contributed by atoms with Crippen LogP contribution in [0.5, 0.6) is 0 Å². The summed E-state index contributed by atoms with van der Waals surface area (Å²) in [5.74, 6) is -1.38. The largest absolute Gasteiger partial charge is 0.295 e. The molecule has 0 aliphatic carbocycles. The standard InChI is InChI=1S/C8H6FNO2/c9-7-4-2-1-3-6(7)8(12)10-5-11/h1-5H,(H,10,11,12). The van der Waals surface area contributed by atoms with Gasteiger partial charge in [-0.2, -0.15) is 0 Å². The fourth-order valence-electron chi connectivity index (χ4n) is 0.777. The Labute approximate surface area is 68.2 Å². The van der Waals surface area contributed by atoms with E-state index >= 15 is 0 Å². The second-order valence-corrected chi connectivity index (χ2v) is 2.07. The van der Waals surface area contributed by atoms with Crippen LogP contribution < -0.4 is 5.32 Å². The van der Waals surface area contributed by atoms with Gasteiger partial charge in [-0.15, -0.1) is 0 Å². The first-order chi connectivity index (χ1) is 5.75. The fourth-order valence-corrected chi connectivity index (χ4v) is 0.777. The summed E-state index contributed by atoms with van der Waals surface area (Å²) < 4.78 is 12.8. The molecule has 12 heavy (non-hydrogen) atoms. The molecule has 0 aromatic heterocycles. The van der Waals surface area contributed by atoms with E-state index in [0.717, 1.165) is 6.07 Å². The zero-order valence-corrected chi connectivity index (χ0v) is 6.08. The van der Waals surface area contributed by atoms with E-state index in [2.05, 4.69) is 0 Å². The molecule has 3 nitrogen and oxygen atoms in total. The summed E-state index contributed by atoms with van der Waals surface area (Å²) in [6, 6.07) is 5.43. The molecule has 0 fully saturated rings. The van der Waals surface area contributed by atoms with Crippen LogP contribution in [0.1, 0.15) is 10.4 Å². The van der Waals surface area contributed by atoms with Crippen molar-refractivity contribution in [3.63, 3.8) is 0 Å². The number of carbonyl (C=O) groups is 2. The van der Waals surface area contributed by atoms with Gasteiger partial charge in [0.05, 0.1) is 5.56 Å². The number of rotatable bonds is 2. The van der Waals surface area contributed by atoms with Gasteiger partial charge in [-0.1, -0.05) is 12.1 Å². The summed E-state index contributed by atoms with van der Waals surface area (Å²) >= 11 is 0. The topological polar surface area (TPSA) is 46.2 Å². The highest BCUT2D eigenvalue weighted by Crippen LogP contribution is 2.04. The maximum absolute atomic E-state index is 12.8. The van der Waals surface area contributed by atoms with E-state index in [4.69, 9.17) is 0 Å². The van der Waals surface area contributed by atoms with E-state index < -0.39 is 11.7 Å². The third kappa shape index (κ3) is 1.66. The van der Waals surface area contributed by atoms with Crippen LogP contribution in [0.3, 0.4) is 0 Å². The van der Waals surface area contributed by atoms with Crippen LogP contribution in [-0.2, 0) is 4.79 Å². The molecule has 4 heteroatoms. The Morgan fingerprint density at radius 2 is 2.08 bits per heavy atom. The average Bonchev–Trinajstić information content (AvgIpc) is 2.05. The first kappa shape index (κ1) is 8.39. The predicted molar refractivity (Wildman–Crippen MR) is 39.9 cm³/mol. The number of nitrogens with one attached hydrogen (secondary N) is 1. The number of carbonyl (C=O) groups excluding carboxylic acids is 2. The Balaban J connectivity index is 2.94. The zero-order valence-electron chi connectivity index (χ0n) is 6.08. The summed E-state index contributed by atoms with van der Waals surface area (Å²) in [6.45, 7) is 0. The van der Waals surface area contributed by atoms with Gasteiger partial charge in [0.1, 0.15) is 5.82 Å². The minimum atomic E-state index is -0.733. The first-order valence-electron chi connectivity index (χ1n) is 3.24. The fraction of sp³-hybridized carbons (Fsp3) is 0. The number of benzene rings is 1. The molecule has 2 amide bonds. The lowest BCUT2D eigenvalue weighted by Crippen LogP contribution is -2.22. The molecule has 1 rings (SSSR count). The highest BCUT2D eigenvalue weighted by atomic mass is 19.1. The van der Waals surface area contributed by atoms with Gasteiger partial charge in [0.15, 0.2) is 0 Å². The highest BCUT2D eigenvalue weighted by Gasteiger charge is 2.08. The molecule has 0 aliphatic rings. The average molecular weight is 167 g/mol. The molecule has 0 spiro atoms. The van der Waals surface area contributed by atoms with Crippen molar-refractivity contribution in [2.45, 2.75) is 0 Å². The van der Waals surface area contributed by atoms with Crippen molar-refractivity contribution < 1.29 is 14.0 Å². The van der Waals surface area contributed by atoms with E-state index in [0.29, 0.717) is 0 Å². The van der Waals surface area contributed by atoms with E-state index in [1.807, 2.05) is 5.32 Å². The van der Waals surface area contributed by atoms with Gasteiger partial charge in [0.2, 0.25) is 6.41 Å². The Hall–Kier alpha value is -1.71. The molecule has 62 valence electrons. The van der Waals surface area contributed by atoms with E-state index in [1.165, 1.54) is 18.2 Å². The van der Waals surface area contributed by atoms with Crippen LogP contribution in [-0.4, -0.2) is 12.3 Å². The van der Waals surface area contributed by atoms with Gasteiger partial charge in [0.25, 0.3) is 5.91 Å². The quantitative estimate of drug-likeness (QED) is 0.659. The molecule has 0 heterocycles. The molecule has 0 unspecified atom stereocenters. The molecule has 0 saturated heterocycles. The molecular formula is C8H6FNO2. The Morgan fingerprint density at radius 1 is 1.42 bits per heavy atom. The first-order valence-corrected chi connectivity index (χ1v) is 3.24. The highest BCUT2D eigenvalue weighted by molar-refractivity contribution is 5.99. The van der Waals surface area contributed by atoms with Gasteiger partial charge in [0, 0.05) is 0 Å². The summed E-state index contributed by atoms with van der Waals surface area (Å²) in [6.07, 6.45) is 0.217. The predicted octanol–water partition coefficient (Wildman–Crippen LogP) is 0.712. The van der Waals surface area contributed by atoms with Crippen LogP contribution in [0, 0.1) is 5.82 Å². The second kappa shape index (κ2) is 3.61. The van der Waals surface area contributed by atoms with Crippen molar-refractivity contribution in [3.8, 4) is 0 Å². The molecule has 1 aromatic carbocycles. The molecule has 0 aliphatic heterocycles. The lowest BCUT2D eigenvalue weighted by Gasteiger charge is -1.98. The van der Waals surface area contributed by atoms with Crippen molar-refractivity contribution in [2.75, 3.05) is 0 Å². The maximum Gasteiger partial charge on any atom is 0.260 e. The molecule has 0 atom stereocenters. The number of halogens is 1. The monoisotopic (exact) mass is 167 g/mol. The molecular weight excluding hydrogens is 161 g/mol. The van der Waals surface area contributed by atoms with Crippen LogP contribution >= 0.6 is 0 Å². The summed E-state index contributed by atoms with van der Waals surface area (Å²) in [5.41, 5.74) is -0.135. The SMILES string of the molecule is O=CNC(=O)c1ccccc1F. The van der Waals surface area contributed by atoms with Crippen LogP contribution in [0.25, 0.3) is 0 Å². The molecule has 1 aromatic rings. The molecule has 1 N–H and O–H groups in total. The lowest BCUT2D eigenvalue weighted by molar-refractivity contribution is -0.108. The smallest absolute Gasteiger partial charge is 0.260 e. The van der Waals surface area contributed by atoms with Gasteiger partial charge in [-0.3, -0.25) is 14.9 Å². The van der Waals surface area contributed by atoms with Crippen LogP contribution in [0.4, 0.5) is 4.39 Å². The Kier molecular flexibility index (Phi) is 2.53. The molecule has 0 radical (unpaired) electrons. The molecule has 0 saturated carbocycles. The third-order valence-corrected chi connectivity index (χ3v) is 1.31. The summed E-state index contributed by atoms with van der Waals surface area (Å²) in [7, 11) is 0. The normalized spacial score (nSPS) is 9.08. The molecule has 0 bridgehead atoms. The minimum Gasteiger partial charge on any atom is -0.295 e. The van der Waals surface area contributed by atoms with Crippen molar-refractivity contribution in [2.24, 2.45) is 0 Å². The van der Waals surface area contributed by atoms with Crippen LogP contribution in [0.15, 0.2) is 24.3 Å². The van der Waals surface area contributed by atoms with Gasteiger partial charge in [-0.25, -0.2) is 4.39 Å². The van der Waals surface area contributed by atoms with Gasteiger partial charge in [-0.05, 0) is 12.1 Å². The summed E-state index contributed by atoms with van der Waals surface area (Å²) in [4.78, 5) is 20.7. The lowest BCUT2D eigenvalue weighted by atomic mass is 10.2. The van der Waals surface area contributed by atoms with Crippen molar-refractivity contribution in [3.05, 3.63) is 35.6 Å². The minimum absolute atomic E-state index is 0.135. The van der Waals surface area contributed by atoms with Crippen molar-refractivity contribution in [1.82, 2.24) is 5.32 Å². The Morgan fingerprint density at radius 3 is 2.67 bits per heavy atom. The van der Waals surface area contributed by atoms with E-state index in [-0.39, 0.29) is 12.0 Å². The second-order valence-electron chi connectivity index (χ2n) is 2.07. The number of hydrogen-bond donors (Lipinski definition) is 1. The number of imide groups is 1. The van der Waals surface area contributed by atoms with Crippen LogP contribution in [0.2, 0.25) is 0 Å². The zero-order chi connectivity index (χ0) is 8.97. The van der Waals surface area contributed by atoms with E-state index in [1.54, 1.807) is 0 Å². The third-order valence-electron chi connectivity index (χ3n) is 1.31. The van der Waals surface area contributed by atoms with E-state index in [9.17, 15) is 14.0 Å². The number of amides is 2. The maximum atomic E-state index is 12.8. The van der Waals surface area contributed by atoms with Gasteiger partial charge < -0.3 is 0 Å². The Bertz CT molecular complexity index is 312. The van der Waals surface area contributed by atoms with Crippen molar-refractivity contribution in [1.29, 1.82) is 0 Å². The summed E-state index contributed by atoms with van der Waals surface area (Å²) in [5, 5.41) is 1.84. The number of hydrogen-bond acceptors (Lipinski definition) is 2. The van der Waals surface area contributed by atoms with Gasteiger partial charge >= 0.3 is 0 Å². The van der Waals surface area contributed by atoms with Crippen molar-refractivity contribution >= 4 is 12.3 Å².